The van der Waals surface area contributed by atoms with Gasteiger partial charge in [-0.2, -0.15) is 0 Å². The molecule has 2 saturated heterocycles. The van der Waals surface area contributed by atoms with Crippen molar-refractivity contribution in [3.05, 3.63) is 40.9 Å². The molecule has 0 amide bonds. The Kier molecular flexibility index (Phi) is 4.25. The van der Waals surface area contributed by atoms with Gasteiger partial charge in [-0.1, -0.05) is 29.8 Å². The largest absolute Gasteiger partial charge is 0.306 e. The number of allylic oxidation sites excluding steroid dienone is 1. The van der Waals surface area contributed by atoms with Gasteiger partial charge in [0.05, 0.1) is 0 Å². The number of rotatable bonds is 2. The minimum absolute atomic E-state index is 0.620. The van der Waals surface area contributed by atoms with Gasteiger partial charge in [0.15, 0.2) is 0 Å². The molecule has 2 nitrogen and oxygen atoms in total. The lowest BCUT2D eigenvalue weighted by Crippen LogP contribution is -2.63. The van der Waals surface area contributed by atoms with E-state index >= 15 is 0 Å². The summed E-state index contributed by atoms with van der Waals surface area (Å²) in [5.41, 5.74) is 3.52. The lowest BCUT2D eigenvalue weighted by molar-refractivity contribution is -0.0566. The highest BCUT2D eigenvalue weighted by Crippen LogP contribution is 2.44. The molecule has 0 radical (unpaired) electrons. The standard InChI is InChI=1S/C20H27ClN2/c1-22-12-10-20(11-13-22)14-23(15-20)19-5-3-2-4-18(19)16-6-8-17(21)9-7-16/h4,6-9,19H,2-3,5,10-15H2,1H3. The number of halogens is 1. The molecule has 0 saturated carbocycles. The van der Waals surface area contributed by atoms with Crippen molar-refractivity contribution in [1.82, 2.24) is 9.80 Å². The van der Waals surface area contributed by atoms with Gasteiger partial charge in [-0.05, 0) is 80.9 Å². The van der Waals surface area contributed by atoms with Crippen molar-refractivity contribution in [1.29, 1.82) is 0 Å². The van der Waals surface area contributed by atoms with Crippen LogP contribution < -0.4 is 0 Å². The predicted molar refractivity (Wildman–Crippen MR) is 97.8 cm³/mol. The van der Waals surface area contributed by atoms with Gasteiger partial charge in [-0.15, -0.1) is 0 Å². The lowest BCUT2D eigenvalue weighted by atomic mass is 9.70. The van der Waals surface area contributed by atoms with Crippen molar-refractivity contribution < 1.29 is 0 Å². The Hall–Kier alpha value is -0.830. The van der Waals surface area contributed by atoms with Gasteiger partial charge >= 0.3 is 0 Å². The van der Waals surface area contributed by atoms with Crippen molar-refractivity contribution >= 4 is 17.2 Å². The van der Waals surface area contributed by atoms with E-state index < -0.39 is 0 Å². The summed E-state index contributed by atoms with van der Waals surface area (Å²) in [5.74, 6) is 0. The molecule has 1 spiro atoms. The summed E-state index contributed by atoms with van der Waals surface area (Å²) < 4.78 is 0. The maximum atomic E-state index is 6.06. The summed E-state index contributed by atoms with van der Waals surface area (Å²) in [6.07, 6.45) is 9.09. The van der Waals surface area contributed by atoms with Crippen LogP contribution in [0.15, 0.2) is 30.3 Å². The zero-order chi connectivity index (χ0) is 15.9. The van der Waals surface area contributed by atoms with Crippen LogP contribution in [0.25, 0.3) is 5.57 Å². The molecule has 0 aromatic heterocycles. The number of likely N-dealkylation sites (tertiary alicyclic amines) is 2. The molecular formula is C20H27ClN2. The van der Waals surface area contributed by atoms with E-state index in [1.807, 2.05) is 12.1 Å². The van der Waals surface area contributed by atoms with Crippen molar-refractivity contribution in [2.75, 3.05) is 33.2 Å². The van der Waals surface area contributed by atoms with Crippen LogP contribution in [-0.4, -0.2) is 49.1 Å². The first-order chi connectivity index (χ1) is 11.2. The number of nitrogens with zero attached hydrogens (tertiary/aromatic N) is 2. The van der Waals surface area contributed by atoms with E-state index in [-0.39, 0.29) is 0 Å². The van der Waals surface area contributed by atoms with Gasteiger partial charge in [0, 0.05) is 24.2 Å². The second-order valence-electron chi connectivity index (χ2n) is 7.82. The van der Waals surface area contributed by atoms with Crippen molar-refractivity contribution in [3.63, 3.8) is 0 Å². The Morgan fingerprint density at radius 1 is 1.09 bits per heavy atom. The highest BCUT2D eigenvalue weighted by Gasteiger charge is 2.47. The fourth-order valence-electron chi connectivity index (χ4n) is 4.64. The molecule has 1 aromatic carbocycles. The van der Waals surface area contributed by atoms with Crippen LogP contribution in [0.3, 0.4) is 0 Å². The molecule has 3 heteroatoms. The predicted octanol–water partition coefficient (Wildman–Crippen LogP) is 4.30. The topological polar surface area (TPSA) is 6.48 Å². The molecule has 3 aliphatic rings. The molecule has 23 heavy (non-hydrogen) atoms. The Balaban J connectivity index is 1.47. The first-order valence-electron chi connectivity index (χ1n) is 9.04. The number of hydrogen-bond donors (Lipinski definition) is 0. The van der Waals surface area contributed by atoms with Crippen molar-refractivity contribution in [2.24, 2.45) is 5.41 Å². The van der Waals surface area contributed by atoms with E-state index in [1.165, 1.54) is 69.4 Å². The number of hydrogen-bond acceptors (Lipinski definition) is 2. The molecule has 124 valence electrons. The van der Waals surface area contributed by atoms with E-state index in [4.69, 9.17) is 11.6 Å². The lowest BCUT2D eigenvalue weighted by Gasteiger charge is -2.57. The van der Waals surface area contributed by atoms with Crippen LogP contribution in [0.1, 0.15) is 37.7 Å². The normalized spacial score (nSPS) is 28.4. The summed E-state index contributed by atoms with van der Waals surface area (Å²) in [7, 11) is 2.26. The fraction of sp³-hybridized carbons (Fsp3) is 0.600. The van der Waals surface area contributed by atoms with Gasteiger partial charge in [-0.3, -0.25) is 4.90 Å². The molecule has 4 rings (SSSR count). The van der Waals surface area contributed by atoms with E-state index in [2.05, 4.69) is 35.1 Å². The van der Waals surface area contributed by atoms with Crippen LogP contribution in [0.2, 0.25) is 5.02 Å². The Morgan fingerprint density at radius 2 is 1.78 bits per heavy atom. The molecule has 1 aliphatic carbocycles. The van der Waals surface area contributed by atoms with Gasteiger partial charge in [0.1, 0.15) is 0 Å². The SMILES string of the molecule is CN1CCC2(CC1)CN(C1CCCC=C1c1ccc(Cl)cc1)C2. The zero-order valence-electron chi connectivity index (χ0n) is 14.1. The molecule has 1 aromatic rings. The molecule has 2 heterocycles. The maximum absolute atomic E-state index is 6.06. The van der Waals surface area contributed by atoms with Gasteiger partial charge < -0.3 is 4.90 Å². The second-order valence-corrected chi connectivity index (χ2v) is 8.26. The molecule has 1 unspecified atom stereocenters. The van der Waals surface area contributed by atoms with Crippen LogP contribution in [-0.2, 0) is 0 Å². The third-order valence-electron chi connectivity index (χ3n) is 6.15. The minimum Gasteiger partial charge on any atom is -0.306 e. The third kappa shape index (κ3) is 3.09. The van der Waals surface area contributed by atoms with Crippen molar-refractivity contribution in [2.45, 2.75) is 38.1 Å². The van der Waals surface area contributed by atoms with Gasteiger partial charge in [0.2, 0.25) is 0 Å². The monoisotopic (exact) mass is 330 g/mol. The quantitative estimate of drug-likeness (QED) is 0.797. The summed E-state index contributed by atoms with van der Waals surface area (Å²) in [4.78, 5) is 5.22. The van der Waals surface area contributed by atoms with Crippen LogP contribution in [0.4, 0.5) is 0 Å². The van der Waals surface area contributed by atoms with Gasteiger partial charge in [0.25, 0.3) is 0 Å². The van der Waals surface area contributed by atoms with E-state index in [9.17, 15) is 0 Å². The van der Waals surface area contributed by atoms with Crippen LogP contribution >= 0.6 is 11.6 Å². The minimum atomic E-state index is 0.620. The molecule has 2 fully saturated rings. The van der Waals surface area contributed by atoms with E-state index in [0.717, 1.165) is 5.02 Å². The van der Waals surface area contributed by atoms with E-state index in [1.54, 1.807) is 0 Å². The average Bonchev–Trinajstić information content (AvgIpc) is 2.55. The summed E-state index contributed by atoms with van der Waals surface area (Å²) >= 11 is 6.06. The first kappa shape index (κ1) is 15.7. The highest BCUT2D eigenvalue weighted by atomic mass is 35.5. The second kappa shape index (κ2) is 6.23. The Labute approximate surface area is 145 Å². The zero-order valence-corrected chi connectivity index (χ0v) is 14.9. The molecule has 0 N–H and O–H groups in total. The molecule has 1 atom stereocenters. The van der Waals surface area contributed by atoms with Crippen molar-refractivity contribution in [3.8, 4) is 0 Å². The molecular weight excluding hydrogens is 304 g/mol. The highest BCUT2D eigenvalue weighted by molar-refractivity contribution is 6.30. The average molecular weight is 331 g/mol. The third-order valence-corrected chi connectivity index (χ3v) is 6.40. The Morgan fingerprint density at radius 3 is 2.48 bits per heavy atom. The number of piperidine rings is 1. The molecule has 2 aliphatic heterocycles. The van der Waals surface area contributed by atoms with Crippen LogP contribution in [0, 0.1) is 5.41 Å². The van der Waals surface area contributed by atoms with Gasteiger partial charge in [-0.25, -0.2) is 0 Å². The van der Waals surface area contributed by atoms with E-state index in [0.29, 0.717) is 11.5 Å². The fourth-order valence-corrected chi connectivity index (χ4v) is 4.76. The smallest absolute Gasteiger partial charge is 0.0406 e. The summed E-state index contributed by atoms with van der Waals surface area (Å²) in [5, 5.41) is 0.830. The Bertz CT molecular complexity index is 576. The molecule has 0 bridgehead atoms. The van der Waals surface area contributed by atoms with Crippen LogP contribution in [0.5, 0.6) is 0 Å². The summed E-state index contributed by atoms with van der Waals surface area (Å²) in [6.45, 7) is 5.16. The number of benzene rings is 1. The summed E-state index contributed by atoms with van der Waals surface area (Å²) in [6, 6.07) is 9.06. The first-order valence-corrected chi connectivity index (χ1v) is 9.42. The maximum Gasteiger partial charge on any atom is 0.0406 e.